The van der Waals surface area contributed by atoms with Gasteiger partial charge in [0.1, 0.15) is 10.3 Å². The summed E-state index contributed by atoms with van der Waals surface area (Å²) in [5, 5.41) is 14.4. The number of rotatable bonds is 2. The average Bonchev–Trinajstić information content (AvgIpc) is 3.06. The highest BCUT2D eigenvalue weighted by Gasteiger charge is 2.20. The molecule has 0 aliphatic carbocycles. The Bertz CT molecular complexity index is 1350. The van der Waals surface area contributed by atoms with Crippen LogP contribution in [0.25, 0.3) is 28.2 Å². The van der Waals surface area contributed by atoms with Crippen molar-refractivity contribution in [1.82, 2.24) is 24.3 Å². The van der Waals surface area contributed by atoms with Crippen LogP contribution in [0.3, 0.4) is 0 Å². The Balaban J connectivity index is 2.06. The number of hydrogen-bond donors (Lipinski definition) is 0. The molecule has 0 saturated carbocycles. The molecule has 28 heavy (non-hydrogen) atoms. The van der Waals surface area contributed by atoms with Gasteiger partial charge in [0.2, 0.25) is 0 Å². The number of aryl methyl sites for hydroxylation is 1. The van der Waals surface area contributed by atoms with E-state index in [9.17, 15) is 10.1 Å². The molecule has 0 atom stereocenters. The molecular formula is C19H12BrClN6O. The molecule has 0 unspecified atom stereocenters. The molecule has 0 fully saturated rings. The van der Waals surface area contributed by atoms with E-state index in [4.69, 9.17) is 16.6 Å². The molecule has 0 spiro atoms. The number of pyridine rings is 1. The molecule has 4 rings (SSSR count). The van der Waals surface area contributed by atoms with Gasteiger partial charge in [0, 0.05) is 19.3 Å². The topological polar surface area (TPSA) is 89.4 Å². The highest BCUT2D eigenvalue weighted by Crippen LogP contribution is 2.28. The Hall–Kier alpha value is -3.02. The molecule has 0 saturated heterocycles. The van der Waals surface area contributed by atoms with Crippen LogP contribution in [0, 0.1) is 18.3 Å². The van der Waals surface area contributed by atoms with E-state index in [1.54, 1.807) is 48.3 Å². The first-order valence-electron chi connectivity index (χ1n) is 8.19. The van der Waals surface area contributed by atoms with Gasteiger partial charge in [-0.3, -0.25) is 9.36 Å². The molecule has 0 bridgehead atoms. The van der Waals surface area contributed by atoms with Gasteiger partial charge in [0.15, 0.2) is 11.6 Å². The van der Waals surface area contributed by atoms with E-state index in [0.29, 0.717) is 43.4 Å². The summed E-state index contributed by atoms with van der Waals surface area (Å²) in [5.74, 6) is 0.834. The van der Waals surface area contributed by atoms with Crippen molar-refractivity contribution < 1.29 is 0 Å². The summed E-state index contributed by atoms with van der Waals surface area (Å²) in [6.07, 6.45) is 1.61. The fraction of sp³-hybridized carbons (Fsp3) is 0.105. The van der Waals surface area contributed by atoms with Gasteiger partial charge in [0.25, 0.3) is 5.56 Å². The van der Waals surface area contributed by atoms with Gasteiger partial charge in [-0.15, -0.1) is 0 Å². The van der Waals surface area contributed by atoms with Gasteiger partial charge >= 0.3 is 0 Å². The summed E-state index contributed by atoms with van der Waals surface area (Å²) in [7, 11) is 1.63. The lowest BCUT2D eigenvalue weighted by molar-refractivity contribution is 0.803. The second-order valence-corrected chi connectivity index (χ2v) is 7.39. The van der Waals surface area contributed by atoms with Crippen LogP contribution in [0.4, 0.5) is 0 Å². The highest BCUT2D eigenvalue weighted by atomic mass is 79.9. The van der Waals surface area contributed by atoms with E-state index in [2.05, 4.69) is 32.1 Å². The molecule has 3 aromatic heterocycles. The lowest BCUT2D eigenvalue weighted by atomic mass is 10.1. The lowest BCUT2D eigenvalue weighted by Gasteiger charge is -2.12. The molecule has 1 aromatic carbocycles. The molecule has 4 aromatic rings. The van der Waals surface area contributed by atoms with Crippen molar-refractivity contribution in [2.24, 2.45) is 7.05 Å². The number of hydrogen-bond acceptors (Lipinski definition) is 5. The number of nitriles is 1. The van der Waals surface area contributed by atoms with E-state index >= 15 is 0 Å². The Morgan fingerprint density at radius 1 is 1.29 bits per heavy atom. The van der Waals surface area contributed by atoms with Gasteiger partial charge in [-0.1, -0.05) is 11.6 Å². The summed E-state index contributed by atoms with van der Waals surface area (Å²) in [5.41, 5.74) is 2.00. The molecule has 138 valence electrons. The molecule has 0 aliphatic rings. The second-order valence-electron chi connectivity index (χ2n) is 6.17. The largest absolute Gasteiger partial charge is 0.294 e. The Morgan fingerprint density at radius 2 is 2.07 bits per heavy atom. The van der Waals surface area contributed by atoms with Crippen molar-refractivity contribution in [2.75, 3.05) is 0 Å². The van der Waals surface area contributed by atoms with Crippen LogP contribution in [0.15, 0.2) is 45.9 Å². The standard InChI is InChI=1S/C19H12BrClN6O/c1-10-6-11(9-22)7-12-16(10)24-18(26(2)19(12)28)14-8-15(20)25-27(14)17-13(21)4-3-5-23-17/h3-8H,1-2H3. The summed E-state index contributed by atoms with van der Waals surface area (Å²) in [6, 6.07) is 10.5. The lowest BCUT2D eigenvalue weighted by Crippen LogP contribution is -2.22. The van der Waals surface area contributed by atoms with E-state index < -0.39 is 0 Å². The smallest absolute Gasteiger partial charge is 0.261 e. The highest BCUT2D eigenvalue weighted by molar-refractivity contribution is 9.10. The minimum atomic E-state index is -0.254. The van der Waals surface area contributed by atoms with Crippen molar-refractivity contribution in [1.29, 1.82) is 5.26 Å². The quantitative estimate of drug-likeness (QED) is 0.459. The minimum absolute atomic E-state index is 0.254. The SMILES string of the molecule is Cc1cc(C#N)cc2c(=O)n(C)c(-c3cc(Br)nn3-c3ncccc3Cl)nc12. The van der Waals surface area contributed by atoms with Crippen molar-refractivity contribution in [3.05, 3.63) is 67.6 Å². The zero-order valence-electron chi connectivity index (χ0n) is 14.8. The van der Waals surface area contributed by atoms with Gasteiger partial charge in [-0.25, -0.2) is 14.6 Å². The zero-order valence-corrected chi connectivity index (χ0v) is 17.2. The van der Waals surface area contributed by atoms with Crippen LogP contribution in [-0.2, 0) is 7.05 Å². The number of nitrogens with zero attached hydrogens (tertiary/aromatic N) is 6. The molecule has 0 aliphatic heterocycles. The van der Waals surface area contributed by atoms with Gasteiger partial charge in [0.05, 0.1) is 27.6 Å². The third kappa shape index (κ3) is 2.89. The fourth-order valence-electron chi connectivity index (χ4n) is 3.05. The molecule has 3 heterocycles. The minimum Gasteiger partial charge on any atom is -0.294 e. The van der Waals surface area contributed by atoms with Crippen LogP contribution < -0.4 is 5.56 Å². The van der Waals surface area contributed by atoms with Crippen molar-refractivity contribution >= 4 is 38.4 Å². The van der Waals surface area contributed by atoms with Crippen molar-refractivity contribution in [3.8, 4) is 23.4 Å². The first kappa shape index (κ1) is 18.3. The molecule has 0 radical (unpaired) electrons. The normalized spacial score (nSPS) is 11.0. The monoisotopic (exact) mass is 454 g/mol. The number of fused-ring (bicyclic) bond motifs is 1. The first-order valence-corrected chi connectivity index (χ1v) is 9.36. The summed E-state index contributed by atoms with van der Waals surface area (Å²) in [6.45, 7) is 1.82. The van der Waals surface area contributed by atoms with Gasteiger partial charge < -0.3 is 0 Å². The van der Waals surface area contributed by atoms with Crippen LogP contribution in [-0.4, -0.2) is 24.3 Å². The Labute approximate surface area is 173 Å². The fourth-order valence-corrected chi connectivity index (χ4v) is 3.63. The third-order valence-corrected chi connectivity index (χ3v) is 5.03. The van der Waals surface area contributed by atoms with Crippen LogP contribution in [0.5, 0.6) is 0 Å². The van der Waals surface area contributed by atoms with Gasteiger partial charge in [-0.05, 0) is 52.7 Å². The summed E-state index contributed by atoms with van der Waals surface area (Å²) < 4.78 is 3.52. The summed E-state index contributed by atoms with van der Waals surface area (Å²) >= 11 is 9.67. The van der Waals surface area contributed by atoms with E-state index in [1.807, 2.05) is 6.92 Å². The number of aromatic nitrogens is 5. The zero-order chi connectivity index (χ0) is 20.0. The van der Waals surface area contributed by atoms with Crippen LogP contribution in [0.2, 0.25) is 5.02 Å². The second kappa shape index (κ2) is 6.86. The number of benzene rings is 1. The molecule has 0 amide bonds. The predicted molar refractivity (Wildman–Crippen MR) is 109 cm³/mol. The Kier molecular flexibility index (Phi) is 4.49. The molecule has 9 heteroatoms. The number of halogens is 2. The summed E-state index contributed by atoms with van der Waals surface area (Å²) in [4.78, 5) is 22.0. The maximum absolute atomic E-state index is 13.0. The Morgan fingerprint density at radius 3 is 2.79 bits per heavy atom. The van der Waals surface area contributed by atoms with E-state index in [1.165, 1.54) is 4.57 Å². The van der Waals surface area contributed by atoms with Crippen molar-refractivity contribution in [2.45, 2.75) is 6.92 Å². The molecule has 7 nitrogen and oxygen atoms in total. The predicted octanol–water partition coefficient (Wildman–Crippen LogP) is 3.78. The maximum atomic E-state index is 13.0. The molecule has 0 N–H and O–H groups in total. The van der Waals surface area contributed by atoms with Crippen LogP contribution in [0.1, 0.15) is 11.1 Å². The molecular weight excluding hydrogens is 444 g/mol. The van der Waals surface area contributed by atoms with E-state index in [0.717, 1.165) is 5.56 Å². The third-order valence-electron chi connectivity index (χ3n) is 4.35. The van der Waals surface area contributed by atoms with Crippen LogP contribution >= 0.6 is 27.5 Å². The first-order chi connectivity index (χ1) is 13.4. The van der Waals surface area contributed by atoms with E-state index in [-0.39, 0.29) is 5.56 Å². The average molecular weight is 456 g/mol. The van der Waals surface area contributed by atoms with Crippen molar-refractivity contribution in [3.63, 3.8) is 0 Å². The maximum Gasteiger partial charge on any atom is 0.261 e. The van der Waals surface area contributed by atoms with Gasteiger partial charge in [-0.2, -0.15) is 10.4 Å².